The van der Waals surface area contributed by atoms with Crippen molar-refractivity contribution in [1.29, 1.82) is 0 Å². The summed E-state index contributed by atoms with van der Waals surface area (Å²) in [5, 5.41) is -0.0468. The largest absolute Gasteiger partial charge is 0.469 e. The summed E-state index contributed by atoms with van der Waals surface area (Å²) < 4.78 is 43.1. The Balaban J connectivity index is 1.54. The predicted molar refractivity (Wildman–Crippen MR) is 101 cm³/mol. The van der Waals surface area contributed by atoms with E-state index >= 15 is 0 Å². The van der Waals surface area contributed by atoms with Crippen molar-refractivity contribution in [2.45, 2.75) is 31.9 Å². The molecule has 0 bridgehead atoms. The van der Waals surface area contributed by atoms with Crippen LogP contribution in [0.3, 0.4) is 0 Å². The average Bonchev–Trinajstić information content (AvgIpc) is 2.72. The Kier molecular flexibility index (Phi) is 6.55. The molecule has 2 aliphatic rings. The lowest BCUT2D eigenvalue weighted by Gasteiger charge is -2.37. The molecule has 3 heterocycles. The molecule has 0 aliphatic carbocycles. The smallest absolute Gasteiger partial charge is 0.417 e. The van der Waals surface area contributed by atoms with Crippen molar-refractivity contribution in [3.05, 3.63) is 22.8 Å². The number of rotatable bonds is 3. The first kappa shape index (κ1) is 21.7. The van der Waals surface area contributed by atoms with Crippen LogP contribution >= 0.6 is 11.6 Å². The number of likely N-dealkylation sites (tertiary alicyclic amines) is 1. The second kappa shape index (κ2) is 8.77. The normalized spacial score (nSPS) is 19.3. The first-order valence-electron chi connectivity index (χ1n) is 9.55. The highest BCUT2D eigenvalue weighted by molar-refractivity contribution is 6.33. The van der Waals surface area contributed by atoms with Gasteiger partial charge in [-0.15, -0.1) is 0 Å². The maximum absolute atomic E-state index is 12.8. The topological polar surface area (TPSA) is 62.7 Å². The summed E-state index contributed by atoms with van der Waals surface area (Å²) in [6.45, 7) is 2.05. The van der Waals surface area contributed by atoms with E-state index in [0.29, 0.717) is 57.7 Å². The number of alkyl halides is 3. The van der Waals surface area contributed by atoms with E-state index in [9.17, 15) is 22.8 Å². The summed E-state index contributed by atoms with van der Waals surface area (Å²) >= 11 is 6.02. The molecule has 0 N–H and O–H groups in total. The summed E-state index contributed by atoms with van der Waals surface area (Å²) in [5.41, 5.74) is -0.883. The minimum atomic E-state index is -4.49. The number of piperidine rings is 2. The number of halogens is 4. The third-order valence-electron chi connectivity index (χ3n) is 5.63. The fourth-order valence-electron chi connectivity index (χ4n) is 3.92. The molecule has 0 saturated carbocycles. The molecular weight excluding hydrogens is 411 g/mol. The molecule has 10 heteroatoms. The number of carbonyl (C=O) groups is 2. The summed E-state index contributed by atoms with van der Waals surface area (Å²) in [7, 11) is 1.37. The van der Waals surface area contributed by atoms with Crippen molar-refractivity contribution in [3.8, 4) is 0 Å². The van der Waals surface area contributed by atoms with Gasteiger partial charge in [0, 0.05) is 38.3 Å². The summed E-state index contributed by atoms with van der Waals surface area (Å²) in [4.78, 5) is 31.9. The molecule has 2 fully saturated rings. The fourth-order valence-corrected chi connectivity index (χ4v) is 4.20. The van der Waals surface area contributed by atoms with Crippen LogP contribution in [0.4, 0.5) is 19.0 Å². The second-order valence-electron chi connectivity index (χ2n) is 7.41. The predicted octanol–water partition coefficient (Wildman–Crippen LogP) is 3.38. The number of esters is 1. The molecule has 1 amide bonds. The van der Waals surface area contributed by atoms with Gasteiger partial charge in [0.15, 0.2) is 0 Å². The summed E-state index contributed by atoms with van der Waals surface area (Å²) in [6.07, 6.45) is -1.35. The number of amides is 1. The fraction of sp³-hybridized carbons (Fsp3) is 0.632. The maximum Gasteiger partial charge on any atom is 0.417 e. The number of ether oxygens (including phenoxy) is 1. The van der Waals surface area contributed by atoms with Crippen molar-refractivity contribution in [1.82, 2.24) is 9.88 Å². The van der Waals surface area contributed by atoms with Crippen molar-refractivity contribution >= 4 is 29.3 Å². The average molecular weight is 434 g/mol. The molecule has 0 unspecified atom stereocenters. The Hall–Kier alpha value is -2.03. The first-order valence-corrected chi connectivity index (χ1v) is 9.92. The van der Waals surface area contributed by atoms with Gasteiger partial charge in [0.1, 0.15) is 5.82 Å². The van der Waals surface area contributed by atoms with Crippen LogP contribution in [-0.2, 0) is 20.5 Å². The molecule has 6 nitrogen and oxygen atoms in total. The molecule has 0 spiro atoms. The number of aromatic nitrogens is 1. The van der Waals surface area contributed by atoms with Gasteiger partial charge in [0.05, 0.1) is 23.6 Å². The molecule has 2 aliphatic heterocycles. The number of anilines is 1. The van der Waals surface area contributed by atoms with Gasteiger partial charge in [-0.3, -0.25) is 9.59 Å². The Labute approximate surface area is 172 Å². The Morgan fingerprint density at radius 3 is 2.21 bits per heavy atom. The van der Waals surface area contributed by atoms with Crippen LogP contribution < -0.4 is 4.90 Å². The molecule has 0 radical (unpaired) electrons. The van der Waals surface area contributed by atoms with E-state index in [1.165, 1.54) is 7.11 Å². The van der Waals surface area contributed by atoms with E-state index in [1.54, 1.807) is 4.90 Å². The quantitative estimate of drug-likeness (QED) is 0.684. The van der Waals surface area contributed by atoms with Gasteiger partial charge in [-0.1, -0.05) is 11.6 Å². The number of methoxy groups -OCH3 is 1. The third-order valence-corrected chi connectivity index (χ3v) is 5.91. The van der Waals surface area contributed by atoms with E-state index in [0.717, 1.165) is 12.3 Å². The molecule has 2 saturated heterocycles. The molecule has 0 atom stereocenters. The van der Waals surface area contributed by atoms with Gasteiger partial charge in [-0.2, -0.15) is 13.2 Å². The zero-order valence-corrected chi connectivity index (χ0v) is 16.8. The highest BCUT2D eigenvalue weighted by Crippen LogP contribution is 2.35. The zero-order valence-electron chi connectivity index (χ0n) is 16.0. The Morgan fingerprint density at radius 2 is 1.69 bits per heavy atom. The van der Waals surface area contributed by atoms with Gasteiger partial charge in [0.25, 0.3) is 0 Å². The molecule has 0 aromatic carbocycles. The van der Waals surface area contributed by atoms with Crippen LogP contribution in [0.2, 0.25) is 5.02 Å². The zero-order chi connectivity index (χ0) is 21.2. The number of hydrogen-bond donors (Lipinski definition) is 0. The van der Waals surface area contributed by atoms with Crippen LogP contribution in [0.1, 0.15) is 31.2 Å². The number of nitrogens with zero attached hydrogens (tertiary/aromatic N) is 3. The Morgan fingerprint density at radius 1 is 1.10 bits per heavy atom. The van der Waals surface area contributed by atoms with E-state index < -0.39 is 11.7 Å². The molecule has 1 aromatic heterocycles. The summed E-state index contributed by atoms with van der Waals surface area (Å²) in [6, 6.07) is 0.882. The maximum atomic E-state index is 12.8. The van der Waals surface area contributed by atoms with Gasteiger partial charge in [0.2, 0.25) is 5.91 Å². The number of pyridine rings is 1. The van der Waals surface area contributed by atoms with Crippen LogP contribution in [0.5, 0.6) is 0 Å². The molecular formula is C19H23ClF3N3O3. The van der Waals surface area contributed by atoms with Crippen LogP contribution in [0.25, 0.3) is 0 Å². The molecule has 160 valence electrons. The molecule has 1 aromatic rings. The van der Waals surface area contributed by atoms with Crippen LogP contribution in [0.15, 0.2) is 12.3 Å². The second-order valence-corrected chi connectivity index (χ2v) is 7.82. The monoisotopic (exact) mass is 433 g/mol. The minimum Gasteiger partial charge on any atom is -0.469 e. The van der Waals surface area contributed by atoms with Crippen LogP contribution in [0, 0.1) is 11.8 Å². The van der Waals surface area contributed by atoms with Gasteiger partial charge in [-0.25, -0.2) is 4.98 Å². The number of hydrogen-bond acceptors (Lipinski definition) is 5. The lowest BCUT2D eigenvalue weighted by molar-refractivity contribution is -0.149. The minimum absolute atomic E-state index is 0.0468. The van der Waals surface area contributed by atoms with Crippen molar-refractivity contribution in [2.75, 3.05) is 38.2 Å². The van der Waals surface area contributed by atoms with Crippen LogP contribution in [-0.4, -0.2) is 55.0 Å². The lowest BCUT2D eigenvalue weighted by atomic mass is 9.92. The van der Waals surface area contributed by atoms with Gasteiger partial charge >= 0.3 is 12.1 Å². The highest BCUT2D eigenvalue weighted by atomic mass is 35.5. The van der Waals surface area contributed by atoms with E-state index in [1.807, 2.05) is 4.90 Å². The SMILES string of the molecule is COC(=O)C1CCN(C(=O)C2CCN(c3ncc(C(F)(F)F)cc3Cl)CC2)CC1. The molecule has 29 heavy (non-hydrogen) atoms. The summed E-state index contributed by atoms with van der Waals surface area (Å²) in [5.74, 6) is -0.150. The van der Waals surface area contributed by atoms with Crippen molar-refractivity contribution in [2.24, 2.45) is 11.8 Å². The third kappa shape index (κ3) is 4.94. The lowest BCUT2D eigenvalue weighted by Crippen LogP contribution is -2.46. The van der Waals surface area contributed by atoms with Crippen molar-refractivity contribution < 1.29 is 27.5 Å². The Bertz CT molecular complexity index is 759. The highest BCUT2D eigenvalue weighted by Gasteiger charge is 2.35. The van der Waals surface area contributed by atoms with E-state index in [2.05, 4.69) is 4.98 Å². The molecule has 3 rings (SSSR count). The first-order chi connectivity index (χ1) is 13.7. The van der Waals surface area contributed by atoms with E-state index in [4.69, 9.17) is 16.3 Å². The van der Waals surface area contributed by atoms with Gasteiger partial charge < -0.3 is 14.5 Å². The van der Waals surface area contributed by atoms with Crippen molar-refractivity contribution in [3.63, 3.8) is 0 Å². The standard InChI is InChI=1S/C19H23ClF3N3O3/c1-29-18(28)13-4-8-26(9-5-13)17(27)12-2-6-25(7-3-12)16-15(20)10-14(11-24-16)19(21,22)23/h10-13H,2-9H2,1H3. The van der Waals surface area contributed by atoms with E-state index in [-0.39, 0.29) is 28.7 Å². The number of carbonyl (C=O) groups excluding carboxylic acids is 2. The van der Waals surface area contributed by atoms with Gasteiger partial charge in [-0.05, 0) is 31.7 Å².